The highest BCUT2D eigenvalue weighted by Gasteiger charge is 2.37. The maximum absolute atomic E-state index is 12.5. The molecule has 0 spiro atoms. The summed E-state index contributed by atoms with van der Waals surface area (Å²) >= 11 is 1.54. The van der Waals surface area contributed by atoms with Crippen molar-refractivity contribution in [1.29, 1.82) is 0 Å². The molecule has 5 nitrogen and oxygen atoms in total. The predicted molar refractivity (Wildman–Crippen MR) is 72.9 cm³/mol. The van der Waals surface area contributed by atoms with Gasteiger partial charge in [-0.2, -0.15) is 0 Å². The summed E-state index contributed by atoms with van der Waals surface area (Å²) in [6, 6.07) is 2.51. The summed E-state index contributed by atoms with van der Waals surface area (Å²) < 4.78 is 5.13. The van der Waals surface area contributed by atoms with Crippen molar-refractivity contribution < 1.29 is 19.1 Å². The molecule has 0 saturated carbocycles. The summed E-state index contributed by atoms with van der Waals surface area (Å²) in [5.41, 5.74) is 1.12. The minimum absolute atomic E-state index is 0.300. The predicted octanol–water partition coefficient (Wildman–Crippen LogP) is 2.47. The van der Waals surface area contributed by atoms with Crippen molar-refractivity contribution >= 4 is 23.2 Å². The van der Waals surface area contributed by atoms with E-state index >= 15 is 0 Å². The zero-order valence-corrected chi connectivity index (χ0v) is 11.6. The first-order valence-corrected chi connectivity index (χ1v) is 7.11. The van der Waals surface area contributed by atoms with Gasteiger partial charge in [-0.05, 0) is 36.4 Å². The molecule has 104 valence electrons. The van der Waals surface area contributed by atoms with Crippen molar-refractivity contribution in [3.8, 4) is 0 Å². The van der Waals surface area contributed by atoms with Crippen LogP contribution in [0.25, 0.3) is 0 Å². The number of carbonyl (C=O) groups is 2. The molecule has 1 N–H and O–H groups in total. The minimum atomic E-state index is -1.00. The summed E-state index contributed by atoms with van der Waals surface area (Å²) in [6.45, 7) is 2.16. The quantitative estimate of drug-likeness (QED) is 0.922. The molecular weight excluding hydrogens is 278 g/mol. The van der Waals surface area contributed by atoms with E-state index in [0.29, 0.717) is 24.3 Å². The fraction of sp³-hybridized carbons (Fsp3) is 0.286. The van der Waals surface area contributed by atoms with E-state index in [1.807, 2.05) is 5.38 Å². The molecule has 1 aliphatic rings. The summed E-state index contributed by atoms with van der Waals surface area (Å²) in [5, 5.41) is 11.3. The second-order valence-corrected chi connectivity index (χ2v) is 5.74. The van der Waals surface area contributed by atoms with Crippen LogP contribution in [-0.2, 0) is 11.2 Å². The lowest BCUT2D eigenvalue weighted by atomic mass is 9.99. The molecule has 2 aromatic rings. The second kappa shape index (κ2) is 4.79. The fourth-order valence-corrected chi connectivity index (χ4v) is 3.43. The molecule has 3 heterocycles. The van der Waals surface area contributed by atoms with Gasteiger partial charge in [-0.3, -0.25) is 4.79 Å². The second-order valence-electron chi connectivity index (χ2n) is 4.73. The van der Waals surface area contributed by atoms with Crippen LogP contribution in [0.2, 0.25) is 0 Å². The van der Waals surface area contributed by atoms with Gasteiger partial charge >= 0.3 is 5.97 Å². The molecule has 3 rings (SSSR count). The molecule has 1 aliphatic heterocycles. The maximum atomic E-state index is 12.5. The van der Waals surface area contributed by atoms with Gasteiger partial charge in [0, 0.05) is 11.4 Å². The number of amides is 1. The third-order valence-corrected chi connectivity index (χ3v) is 4.43. The Kier molecular flexibility index (Phi) is 3.10. The van der Waals surface area contributed by atoms with Gasteiger partial charge in [-0.1, -0.05) is 0 Å². The molecule has 6 heteroatoms. The number of hydrogen-bond donors (Lipinski definition) is 1. The summed E-state index contributed by atoms with van der Waals surface area (Å²) in [6.07, 6.45) is 2.07. The Labute approximate surface area is 119 Å². The number of carboxylic acid groups (broad SMARTS) is 1. The SMILES string of the molecule is Cc1cc(C(=O)N2CCc3sccc3C2C(=O)O)co1. The van der Waals surface area contributed by atoms with Crippen molar-refractivity contribution in [1.82, 2.24) is 4.90 Å². The highest BCUT2D eigenvalue weighted by Crippen LogP contribution is 2.34. The van der Waals surface area contributed by atoms with Crippen molar-refractivity contribution in [2.24, 2.45) is 0 Å². The van der Waals surface area contributed by atoms with Gasteiger partial charge in [0.2, 0.25) is 0 Å². The van der Waals surface area contributed by atoms with Gasteiger partial charge in [0.25, 0.3) is 5.91 Å². The molecule has 20 heavy (non-hydrogen) atoms. The summed E-state index contributed by atoms with van der Waals surface area (Å²) in [7, 11) is 0. The van der Waals surface area contributed by atoms with Crippen LogP contribution in [0.15, 0.2) is 28.2 Å². The topological polar surface area (TPSA) is 70.8 Å². The number of furan rings is 1. The van der Waals surface area contributed by atoms with Gasteiger partial charge < -0.3 is 14.4 Å². The third-order valence-electron chi connectivity index (χ3n) is 3.44. The average Bonchev–Trinajstić information content (AvgIpc) is 3.04. The Morgan fingerprint density at radius 3 is 2.95 bits per heavy atom. The van der Waals surface area contributed by atoms with Crippen molar-refractivity contribution in [3.63, 3.8) is 0 Å². The fourth-order valence-electron chi connectivity index (χ4n) is 2.52. The third kappa shape index (κ3) is 2.02. The first kappa shape index (κ1) is 12.9. The largest absolute Gasteiger partial charge is 0.479 e. The molecule has 1 amide bonds. The van der Waals surface area contributed by atoms with Crippen molar-refractivity contribution in [2.75, 3.05) is 6.54 Å². The molecular formula is C14H13NO4S. The van der Waals surface area contributed by atoms with Crippen LogP contribution in [0, 0.1) is 6.92 Å². The molecule has 2 aromatic heterocycles. The smallest absolute Gasteiger partial charge is 0.331 e. The number of nitrogens with zero attached hydrogens (tertiary/aromatic N) is 1. The number of carbonyl (C=O) groups excluding carboxylic acids is 1. The highest BCUT2D eigenvalue weighted by molar-refractivity contribution is 7.10. The van der Waals surface area contributed by atoms with E-state index in [9.17, 15) is 14.7 Å². The molecule has 0 aromatic carbocycles. The molecule has 1 atom stereocenters. The number of carboxylic acids is 1. The Morgan fingerprint density at radius 1 is 1.50 bits per heavy atom. The van der Waals surface area contributed by atoms with Crippen LogP contribution in [0.3, 0.4) is 0 Å². The first-order valence-electron chi connectivity index (χ1n) is 6.23. The molecule has 1 unspecified atom stereocenters. The number of rotatable bonds is 2. The summed E-state index contributed by atoms with van der Waals surface area (Å²) in [4.78, 5) is 26.5. The number of aliphatic carboxylic acids is 1. The monoisotopic (exact) mass is 291 g/mol. The van der Waals surface area contributed by atoms with E-state index in [2.05, 4.69) is 0 Å². The van der Waals surface area contributed by atoms with E-state index in [1.165, 1.54) is 11.2 Å². The number of hydrogen-bond acceptors (Lipinski definition) is 4. The molecule has 0 fully saturated rings. The van der Waals surface area contributed by atoms with E-state index in [0.717, 1.165) is 10.4 Å². The van der Waals surface area contributed by atoms with Crippen LogP contribution in [-0.4, -0.2) is 28.4 Å². The normalized spacial score (nSPS) is 17.9. The number of aryl methyl sites for hydroxylation is 1. The lowest BCUT2D eigenvalue weighted by Crippen LogP contribution is -2.42. The van der Waals surface area contributed by atoms with Crippen LogP contribution >= 0.6 is 11.3 Å². The number of fused-ring (bicyclic) bond motifs is 1. The maximum Gasteiger partial charge on any atom is 0.331 e. The zero-order chi connectivity index (χ0) is 14.3. The van der Waals surface area contributed by atoms with Crippen molar-refractivity contribution in [3.05, 3.63) is 45.5 Å². The Hall–Kier alpha value is -2.08. The highest BCUT2D eigenvalue weighted by atomic mass is 32.1. The molecule has 0 radical (unpaired) electrons. The van der Waals surface area contributed by atoms with Crippen LogP contribution in [0.1, 0.15) is 32.6 Å². The van der Waals surface area contributed by atoms with Gasteiger partial charge in [0.1, 0.15) is 12.0 Å². The zero-order valence-electron chi connectivity index (χ0n) is 10.8. The van der Waals surface area contributed by atoms with Crippen LogP contribution in [0.4, 0.5) is 0 Å². The first-order chi connectivity index (χ1) is 9.58. The van der Waals surface area contributed by atoms with Crippen LogP contribution in [0.5, 0.6) is 0 Å². The van der Waals surface area contributed by atoms with Crippen molar-refractivity contribution in [2.45, 2.75) is 19.4 Å². The Bertz CT molecular complexity index is 672. The minimum Gasteiger partial charge on any atom is -0.479 e. The van der Waals surface area contributed by atoms with E-state index in [-0.39, 0.29) is 5.91 Å². The molecule has 0 saturated heterocycles. The lowest BCUT2D eigenvalue weighted by molar-refractivity contribution is -0.142. The van der Waals surface area contributed by atoms with Gasteiger partial charge in [0.05, 0.1) is 5.56 Å². The number of thiophene rings is 1. The Morgan fingerprint density at radius 2 is 2.30 bits per heavy atom. The van der Waals surface area contributed by atoms with E-state index in [4.69, 9.17) is 4.42 Å². The Balaban J connectivity index is 1.97. The van der Waals surface area contributed by atoms with Gasteiger partial charge in [0.15, 0.2) is 6.04 Å². The molecule has 0 aliphatic carbocycles. The summed E-state index contributed by atoms with van der Waals surface area (Å²) in [5.74, 6) is -0.669. The average molecular weight is 291 g/mol. The van der Waals surface area contributed by atoms with Gasteiger partial charge in [-0.25, -0.2) is 4.79 Å². The molecule has 0 bridgehead atoms. The van der Waals surface area contributed by atoms with E-state index < -0.39 is 12.0 Å². The van der Waals surface area contributed by atoms with Gasteiger partial charge in [-0.15, -0.1) is 11.3 Å². The lowest BCUT2D eigenvalue weighted by Gasteiger charge is -2.32. The standard InChI is InChI=1S/C14H13NO4S/c1-8-6-9(7-19-8)13(16)15-4-2-11-10(3-5-20-11)12(15)14(17)18/h3,5-7,12H,2,4H2,1H3,(H,17,18). The van der Waals surface area contributed by atoms with E-state index in [1.54, 1.807) is 30.4 Å². The van der Waals surface area contributed by atoms with Crippen LogP contribution < -0.4 is 0 Å².